The fourth-order valence-corrected chi connectivity index (χ4v) is 5.02. The Balaban J connectivity index is 1.80. The van der Waals surface area contributed by atoms with Crippen molar-refractivity contribution in [2.24, 2.45) is 17.8 Å². The van der Waals surface area contributed by atoms with Crippen LogP contribution in [0.4, 0.5) is 0 Å². The van der Waals surface area contributed by atoms with Crippen molar-refractivity contribution in [3.8, 4) is 0 Å². The number of carbonyl (C=O) groups excluding carboxylic acids is 4. The highest BCUT2D eigenvalue weighted by Gasteiger charge is 2.66. The van der Waals surface area contributed by atoms with Gasteiger partial charge in [-0.25, -0.2) is 0 Å². The molecular formula is C19H29N3O5. The van der Waals surface area contributed by atoms with Crippen LogP contribution >= 0.6 is 0 Å². The van der Waals surface area contributed by atoms with Gasteiger partial charge in [0, 0.05) is 32.6 Å². The Morgan fingerprint density at radius 1 is 1.22 bits per heavy atom. The topological polar surface area (TPSA) is 96.0 Å². The number of amides is 3. The minimum absolute atomic E-state index is 0.0246. The van der Waals surface area contributed by atoms with Gasteiger partial charge < -0.3 is 9.64 Å². The van der Waals surface area contributed by atoms with Crippen molar-refractivity contribution in [2.75, 3.05) is 27.7 Å². The van der Waals surface area contributed by atoms with E-state index < -0.39 is 29.4 Å². The number of ether oxygens (including phenoxy) is 1. The molecule has 0 aromatic carbocycles. The largest absolute Gasteiger partial charge is 0.468 e. The highest BCUT2D eigenvalue weighted by Crippen LogP contribution is 2.43. The number of nitrogens with one attached hydrogen (secondary N) is 1. The second-order valence-corrected chi connectivity index (χ2v) is 8.24. The molecule has 1 saturated carbocycles. The van der Waals surface area contributed by atoms with Gasteiger partial charge in [-0.05, 0) is 19.8 Å². The molecule has 1 aliphatic carbocycles. The monoisotopic (exact) mass is 379 g/mol. The summed E-state index contributed by atoms with van der Waals surface area (Å²) in [6.45, 7) is 1.87. The van der Waals surface area contributed by atoms with E-state index in [0.717, 1.165) is 30.6 Å². The summed E-state index contributed by atoms with van der Waals surface area (Å²) in [6.07, 6.45) is 5.09. The molecule has 0 aromatic rings. The number of imide groups is 1. The van der Waals surface area contributed by atoms with Crippen LogP contribution in [-0.4, -0.2) is 72.8 Å². The van der Waals surface area contributed by atoms with Gasteiger partial charge in [-0.15, -0.1) is 0 Å². The average molecular weight is 379 g/mol. The lowest BCUT2D eigenvalue weighted by atomic mass is 9.81. The van der Waals surface area contributed by atoms with Crippen molar-refractivity contribution in [2.45, 2.75) is 50.6 Å². The third-order valence-electron chi connectivity index (χ3n) is 6.52. The zero-order chi connectivity index (χ0) is 19.9. The lowest BCUT2D eigenvalue weighted by Crippen LogP contribution is -2.56. The molecule has 1 N–H and O–H groups in total. The smallest absolute Gasteiger partial charge is 0.326 e. The Hall–Kier alpha value is -1.96. The Morgan fingerprint density at radius 3 is 2.44 bits per heavy atom. The molecule has 0 spiro atoms. The van der Waals surface area contributed by atoms with Crippen molar-refractivity contribution >= 4 is 23.7 Å². The van der Waals surface area contributed by atoms with E-state index in [9.17, 15) is 19.2 Å². The fraction of sp³-hybridized carbons (Fsp3) is 0.789. The van der Waals surface area contributed by atoms with E-state index in [1.165, 1.54) is 20.6 Å². The van der Waals surface area contributed by atoms with Gasteiger partial charge in [0.25, 0.3) is 0 Å². The maximum atomic E-state index is 12.8. The van der Waals surface area contributed by atoms with E-state index in [1.54, 1.807) is 18.9 Å². The Kier molecular flexibility index (Phi) is 5.29. The van der Waals surface area contributed by atoms with Gasteiger partial charge in [0.15, 0.2) is 0 Å². The molecule has 4 atom stereocenters. The van der Waals surface area contributed by atoms with Crippen LogP contribution in [0.25, 0.3) is 0 Å². The van der Waals surface area contributed by atoms with Gasteiger partial charge >= 0.3 is 5.97 Å². The van der Waals surface area contributed by atoms with Gasteiger partial charge in [0.1, 0.15) is 5.54 Å². The van der Waals surface area contributed by atoms with E-state index in [2.05, 4.69) is 5.32 Å². The number of hydrogen-bond acceptors (Lipinski definition) is 6. The third-order valence-corrected chi connectivity index (χ3v) is 6.52. The van der Waals surface area contributed by atoms with Gasteiger partial charge in [-0.1, -0.05) is 19.3 Å². The first-order valence-electron chi connectivity index (χ1n) is 9.65. The number of rotatable bonds is 4. The van der Waals surface area contributed by atoms with Crippen molar-refractivity contribution in [3.05, 3.63) is 0 Å². The van der Waals surface area contributed by atoms with Crippen LogP contribution in [0.5, 0.6) is 0 Å². The van der Waals surface area contributed by atoms with Crippen molar-refractivity contribution in [1.82, 2.24) is 15.1 Å². The lowest BCUT2D eigenvalue weighted by Gasteiger charge is -2.31. The molecule has 3 aliphatic rings. The summed E-state index contributed by atoms with van der Waals surface area (Å²) >= 11 is 0. The van der Waals surface area contributed by atoms with E-state index in [4.69, 9.17) is 4.74 Å². The number of esters is 1. The highest BCUT2D eigenvalue weighted by molar-refractivity contribution is 6.09. The van der Waals surface area contributed by atoms with Crippen molar-refractivity contribution < 1.29 is 23.9 Å². The molecule has 2 saturated heterocycles. The summed E-state index contributed by atoms with van der Waals surface area (Å²) in [6, 6.07) is -0.474. The summed E-state index contributed by atoms with van der Waals surface area (Å²) in [5.41, 5.74) is -1.28. The Bertz CT molecular complexity index is 660. The predicted octanol–water partition coefficient (Wildman–Crippen LogP) is 0.160. The summed E-state index contributed by atoms with van der Waals surface area (Å²) in [5.74, 6) is -2.65. The van der Waals surface area contributed by atoms with Crippen molar-refractivity contribution in [3.63, 3.8) is 0 Å². The van der Waals surface area contributed by atoms with E-state index in [0.29, 0.717) is 0 Å². The van der Waals surface area contributed by atoms with Crippen LogP contribution < -0.4 is 5.32 Å². The number of likely N-dealkylation sites (tertiary alicyclic amines) is 1. The van der Waals surface area contributed by atoms with E-state index in [1.807, 2.05) is 0 Å². The molecule has 3 fully saturated rings. The van der Waals surface area contributed by atoms with Crippen LogP contribution in [0, 0.1) is 17.8 Å². The van der Waals surface area contributed by atoms with Crippen LogP contribution in [-0.2, 0) is 23.9 Å². The molecule has 3 amide bonds. The molecule has 3 rings (SSSR count). The number of likely N-dealkylation sites (N-methyl/N-ethyl adjacent to an activating group) is 1. The van der Waals surface area contributed by atoms with Crippen LogP contribution in [0.2, 0.25) is 0 Å². The molecule has 8 nitrogen and oxygen atoms in total. The second kappa shape index (κ2) is 7.22. The van der Waals surface area contributed by atoms with Gasteiger partial charge in [0.05, 0.1) is 18.9 Å². The normalized spacial score (nSPS) is 33.9. The number of nitrogens with zero attached hydrogens (tertiary/aromatic N) is 2. The zero-order valence-corrected chi connectivity index (χ0v) is 16.5. The summed E-state index contributed by atoms with van der Waals surface area (Å²) in [7, 11) is 4.43. The van der Waals surface area contributed by atoms with E-state index >= 15 is 0 Å². The van der Waals surface area contributed by atoms with Crippen molar-refractivity contribution in [1.29, 1.82) is 0 Å². The van der Waals surface area contributed by atoms with Gasteiger partial charge in [-0.3, -0.25) is 29.4 Å². The first-order valence-corrected chi connectivity index (χ1v) is 9.65. The van der Waals surface area contributed by atoms with Crippen LogP contribution in [0.3, 0.4) is 0 Å². The van der Waals surface area contributed by atoms with Crippen LogP contribution in [0.15, 0.2) is 0 Å². The highest BCUT2D eigenvalue weighted by atomic mass is 16.5. The minimum Gasteiger partial charge on any atom is -0.468 e. The standard InChI is InChI=1S/C19H29N3O5/c1-19(18(26)27-4)14-13(16(24)22(3)17(14)25)12(20-19)10-21(2)15(23)11-8-6-5-7-9-11/h11-14,20H,5-10H2,1-4H3/t12-,13+,14-,19-/m1/s1. The quantitative estimate of drug-likeness (QED) is 0.552. The number of hydrogen-bond donors (Lipinski definition) is 1. The summed E-state index contributed by atoms with van der Waals surface area (Å²) in [5, 5.41) is 3.15. The zero-order valence-electron chi connectivity index (χ0n) is 16.5. The minimum atomic E-state index is -1.28. The number of methoxy groups -OCH3 is 1. The summed E-state index contributed by atoms with van der Waals surface area (Å²) in [4.78, 5) is 53.2. The lowest BCUT2D eigenvalue weighted by molar-refractivity contribution is -0.152. The molecule has 0 aromatic heterocycles. The Labute approximate surface area is 159 Å². The molecule has 2 heterocycles. The molecule has 150 valence electrons. The summed E-state index contributed by atoms with van der Waals surface area (Å²) < 4.78 is 4.90. The molecule has 27 heavy (non-hydrogen) atoms. The number of fused-ring (bicyclic) bond motifs is 1. The average Bonchev–Trinajstić information content (AvgIpc) is 3.10. The molecule has 8 heteroatoms. The fourth-order valence-electron chi connectivity index (χ4n) is 5.02. The van der Waals surface area contributed by atoms with E-state index in [-0.39, 0.29) is 30.2 Å². The van der Waals surface area contributed by atoms with Gasteiger partial charge in [0.2, 0.25) is 17.7 Å². The molecule has 0 unspecified atom stereocenters. The van der Waals surface area contributed by atoms with Crippen LogP contribution in [0.1, 0.15) is 39.0 Å². The van der Waals surface area contributed by atoms with Gasteiger partial charge in [-0.2, -0.15) is 0 Å². The molecule has 0 bridgehead atoms. The molecule has 0 radical (unpaired) electrons. The second-order valence-electron chi connectivity index (χ2n) is 8.24. The predicted molar refractivity (Wildman–Crippen MR) is 96.3 cm³/mol. The third kappa shape index (κ3) is 3.13. The first-order chi connectivity index (χ1) is 12.7. The maximum Gasteiger partial charge on any atom is 0.326 e. The molecule has 2 aliphatic heterocycles. The SMILES string of the molecule is COC(=O)[C@]1(C)N[C@H](CN(C)C(=O)C2CCCCC2)[C@@H]2C(=O)N(C)C(=O)[C@@H]21. The Morgan fingerprint density at radius 2 is 1.85 bits per heavy atom. The number of carbonyl (C=O) groups is 4. The maximum absolute atomic E-state index is 12.8. The first kappa shape index (κ1) is 19.8. The molecular weight excluding hydrogens is 350 g/mol.